The van der Waals surface area contributed by atoms with Crippen molar-refractivity contribution in [2.24, 2.45) is 5.92 Å². The summed E-state index contributed by atoms with van der Waals surface area (Å²) in [5, 5.41) is 22.5. The zero-order chi connectivity index (χ0) is 33.2. The van der Waals surface area contributed by atoms with E-state index in [-0.39, 0.29) is 38.4 Å². The molecule has 4 atom stereocenters. The Morgan fingerprint density at radius 1 is 0.936 bits per heavy atom. The number of nitrogens with one attached hydrogen (secondary N) is 3. The second-order valence-electron chi connectivity index (χ2n) is 12.4. The number of carbonyl (C=O) groups excluding carboxylic acids is 4. The third kappa shape index (κ3) is 6.62. The van der Waals surface area contributed by atoms with Crippen molar-refractivity contribution >= 4 is 34.4 Å². The first kappa shape index (κ1) is 31.6. The van der Waals surface area contributed by atoms with Crippen LogP contribution in [0.1, 0.15) is 43.3 Å². The van der Waals surface area contributed by atoms with Gasteiger partial charge in [-0.1, -0.05) is 67.6 Å². The second kappa shape index (κ2) is 13.1. The molecule has 47 heavy (non-hydrogen) atoms. The van der Waals surface area contributed by atoms with Crippen molar-refractivity contribution in [3.63, 3.8) is 0 Å². The Hall–Kier alpha value is -5.40. The van der Waals surface area contributed by atoms with Gasteiger partial charge in [-0.05, 0) is 24.5 Å². The molecule has 4 aromatic rings. The van der Waals surface area contributed by atoms with Crippen LogP contribution in [-0.2, 0) is 38.7 Å². The molecule has 14 nitrogen and oxygen atoms in total. The Kier molecular flexibility index (Phi) is 8.83. The monoisotopic (exact) mass is 639 g/mol. The Morgan fingerprint density at radius 2 is 1.66 bits per heavy atom. The fourth-order valence-electron chi connectivity index (χ4n) is 6.24. The van der Waals surface area contributed by atoms with Crippen LogP contribution in [0.4, 0.5) is 0 Å². The van der Waals surface area contributed by atoms with E-state index in [0.29, 0.717) is 22.2 Å². The van der Waals surface area contributed by atoms with E-state index in [1.54, 1.807) is 49.8 Å². The molecule has 3 N–H and O–H groups in total. The number of aryl methyl sites for hydroxylation is 1. The van der Waals surface area contributed by atoms with Crippen molar-refractivity contribution in [3.8, 4) is 0 Å². The molecular formula is C33H37N9O5. The van der Waals surface area contributed by atoms with E-state index in [9.17, 15) is 24.0 Å². The summed E-state index contributed by atoms with van der Waals surface area (Å²) in [6.07, 6.45) is 2.11. The lowest BCUT2D eigenvalue weighted by atomic mass is 10.00. The van der Waals surface area contributed by atoms with Gasteiger partial charge in [-0.2, -0.15) is 5.10 Å². The van der Waals surface area contributed by atoms with E-state index < -0.39 is 53.4 Å². The van der Waals surface area contributed by atoms with E-state index in [1.165, 1.54) is 4.90 Å². The second-order valence-corrected chi connectivity index (χ2v) is 12.4. The maximum Gasteiger partial charge on any atom is 0.275 e. The van der Waals surface area contributed by atoms with Crippen LogP contribution in [0, 0.1) is 12.8 Å². The molecule has 4 heterocycles. The lowest BCUT2D eigenvalue weighted by molar-refractivity contribution is -0.140. The van der Waals surface area contributed by atoms with Gasteiger partial charge in [0.2, 0.25) is 23.6 Å². The summed E-state index contributed by atoms with van der Waals surface area (Å²) in [6.45, 7) is 5.17. The minimum atomic E-state index is -0.987. The quantitative estimate of drug-likeness (QED) is 0.285. The number of fused-ring (bicyclic) bond motifs is 6. The molecule has 1 saturated heterocycles. The summed E-state index contributed by atoms with van der Waals surface area (Å²) in [6, 6.07) is 13.1. The lowest BCUT2D eigenvalue weighted by Crippen LogP contribution is -2.58. The van der Waals surface area contributed by atoms with Gasteiger partial charge in [0.15, 0.2) is 0 Å². The molecule has 0 saturated carbocycles. The molecule has 14 heteroatoms. The van der Waals surface area contributed by atoms with Gasteiger partial charge in [0, 0.05) is 24.8 Å². The fraction of sp³-hybridized carbons (Fsp3) is 0.394. The first-order valence-electron chi connectivity index (χ1n) is 15.7. The summed E-state index contributed by atoms with van der Waals surface area (Å²) in [7, 11) is 0. The number of benzene rings is 2. The average molecular weight is 640 g/mol. The van der Waals surface area contributed by atoms with Gasteiger partial charge >= 0.3 is 0 Å². The Labute approximate surface area is 270 Å². The first-order valence-corrected chi connectivity index (χ1v) is 15.7. The van der Waals surface area contributed by atoms with Crippen LogP contribution in [0.3, 0.4) is 0 Å². The molecule has 0 spiro atoms. The number of nitrogens with zero attached hydrogens (tertiary/aromatic N) is 6. The van der Waals surface area contributed by atoms with Crippen LogP contribution in [0.25, 0.3) is 10.8 Å². The molecule has 0 radical (unpaired) electrons. The molecule has 1 fully saturated rings. The van der Waals surface area contributed by atoms with Crippen molar-refractivity contribution in [2.75, 3.05) is 6.54 Å². The molecule has 6 rings (SSSR count). The number of carbonyl (C=O) groups is 4. The highest BCUT2D eigenvalue weighted by Crippen LogP contribution is 2.28. The smallest absolute Gasteiger partial charge is 0.275 e. The van der Waals surface area contributed by atoms with Crippen LogP contribution < -0.4 is 21.5 Å². The van der Waals surface area contributed by atoms with Crippen molar-refractivity contribution in [1.82, 2.24) is 45.6 Å². The van der Waals surface area contributed by atoms with E-state index in [2.05, 4.69) is 31.4 Å². The van der Waals surface area contributed by atoms with Crippen LogP contribution >= 0.6 is 0 Å². The van der Waals surface area contributed by atoms with Crippen LogP contribution in [0.5, 0.6) is 0 Å². The molecule has 2 aromatic carbocycles. The normalized spacial score (nSPS) is 22.0. The van der Waals surface area contributed by atoms with Crippen molar-refractivity contribution in [3.05, 3.63) is 88.1 Å². The summed E-state index contributed by atoms with van der Waals surface area (Å²) in [5.41, 5.74) is 1.52. The highest BCUT2D eigenvalue weighted by Gasteiger charge is 2.42. The molecule has 2 aromatic heterocycles. The van der Waals surface area contributed by atoms with Crippen molar-refractivity contribution in [1.29, 1.82) is 0 Å². The molecule has 2 aliphatic rings. The Morgan fingerprint density at radius 3 is 2.40 bits per heavy atom. The molecule has 4 amide bonds. The highest BCUT2D eigenvalue weighted by molar-refractivity contribution is 5.95. The van der Waals surface area contributed by atoms with Gasteiger partial charge in [-0.25, -0.2) is 9.36 Å². The van der Waals surface area contributed by atoms with Gasteiger partial charge in [0.25, 0.3) is 5.56 Å². The van der Waals surface area contributed by atoms with Crippen LogP contribution in [0.15, 0.2) is 65.6 Å². The number of amides is 4. The minimum absolute atomic E-state index is 0.0689. The molecular weight excluding hydrogens is 602 g/mol. The zero-order valence-corrected chi connectivity index (χ0v) is 26.4. The SMILES string of the molecule is Cc1nn(CC(=O)N2C[C@@H]3C[C@H]2C(=O)N[C@@H](C(C)C)C(=O)N[C@H](Cc2ccccc2)C(=O)NCc2cn3nn2)c(=O)c2ccccc12. The first-order chi connectivity index (χ1) is 22.6. The molecule has 0 unspecified atom stereocenters. The van der Waals surface area contributed by atoms with E-state index in [1.807, 2.05) is 36.4 Å². The number of hydrogen-bond acceptors (Lipinski definition) is 8. The predicted molar refractivity (Wildman–Crippen MR) is 171 cm³/mol. The highest BCUT2D eigenvalue weighted by atomic mass is 16.2. The standard InChI is InChI=1S/C33H37N9O5/c1-19(2)29-32(46)35-26(13-21-9-5-4-6-10-21)30(44)34-15-22-16-41(39-37-22)23-14-27(31(45)36-29)40(17-23)28(43)18-42-33(47)25-12-8-7-11-24(25)20(3)38-42/h4-12,16,19,23,26-27,29H,13-15,17-18H2,1-3H3,(H,34,44)(H,35,46)(H,36,45)/t23-,26+,27-,29-/m0/s1. The van der Waals surface area contributed by atoms with Crippen molar-refractivity contribution in [2.45, 2.75) is 70.9 Å². The predicted octanol–water partition coefficient (Wildman–Crippen LogP) is 0.637. The molecule has 244 valence electrons. The zero-order valence-electron chi connectivity index (χ0n) is 26.4. The summed E-state index contributed by atoms with van der Waals surface area (Å²) >= 11 is 0. The van der Waals surface area contributed by atoms with Crippen molar-refractivity contribution < 1.29 is 19.2 Å². The van der Waals surface area contributed by atoms with Gasteiger partial charge in [0.1, 0.15) is 30.4 Å². The topological polar surface area (TPSA) is 173 Å². The Balaban J connectivity index is 1.30. The number of rotatable bonds is 5. The van der Waals surface area contributed by atoms with E-state index >= 15 is 0 Å². The van der Waals surface area contributed by atoms with Gasteiger partial charge in [0.05, 0.1) is 29.9 Å². The van der Waals surface area contributed by atoms with E-state index in [4.69, 9.17) is 0 Å². The fourth-order valence-corrected chi connectivity index (χ4v) is 6.24. The summed E-state index contributed by atoms with van der Waals surface area (Å²) in [4.78, 5) is 69.5. The maximum atomic E-state index is 13.9. The average Bonchev–Trinajstić information content (AvgIpc) is 3.72. The number of aromatic nitrogens is 5. The third-order valence-corrected chi connectivity index (χ3v) is 8.78. The largest absolute Gasteiger partial charge is 0.349 e. The molecule has 4 bridgehead atoms. The number of likely N-dealkylation sites (tertiary alicyclic amines) is 1. The Bertz CT molecular complexity index is 1890. The van der Waals surface area contributed by atoms with Gasteiger partial charge in [-0.15, -0.1) is 5.10 Å². The summed E-state index contributed by atoms with van der Waals surface area (Å²) in [5.74, 6) is -2.25. The minimum Gasteiger partial charge on any atom is -0.349 e. The summed E-state index contributed by atoms with van der Waals surface area (Å²) < 4.78 is 2.71. The molecule has 2 aliphatic heterocycles. The van der Waals surface area contributed by atoms with E-state index in [0.717, 1.165) is 10.2 Å². The van der Waals surface area contributed by atoms with Gasteiger partial charge in [-0.3, -0.25) is 24.0 Å². The van der Waals surface area contributed by atoms with Crippen LogP contribution in [0.2, 0.25) is 0 Å². The van der Waals surface area contributed by atoms with Crippen LogP contribution in [-0.4, -0.2) is 78.0 Å². The lowest BCUT2D eigenvalue weighted by Gasteiger charge is -2.29. The van der Waals surface area contributed by atoms with Gasteiger partial charge < -0.3 is 20.9 Å². The molecule has 0 aliphatic carbocycles. The maximum absolute atomic E-state index is 13.9. The third-order valence-electron chi connectivity index (χ3n) is 8.78. The number of hydrogen-bond donors (Lipinski definition) is 3.